The van der Waals surface area contributed by atoms with E-state index in [9.17, 15) is 4.79 Å². The standard InChI is InChI=1S/C37H53NO/c1-4-7-8-10-28-14-18-33(19-15-28)35-24-25-36(30(5-2)27-35)34-22-20-32(21-23-34)31-16-12-29(13-17-31)11-9-26-38-37(39)6-3/h6,20-25,27-29,31,33H,3-5,7-19,26H2,1-2H3,(H,38,39). The van der Waals surface area contributed by atoms with Gasteiger partial charge in [-0.15, -0.1) is 0 Å². The molecule has 0 bridgehead atoms. The first-order chi connectivity index (χ1) is 19.1. The largest absolute Gasteiger partial charge is 0.353 e. The van der Waals surface area contributed by atoms with Gasteiger partial charge in [-0.3, -0.25) is 4.79 Å². The Hall–Kier alpha value is -2.35. The molecule has 2 aliphatic rings. The summed E-state index contributed by atoms with van der Waals surface area (Å²) in [6.45, 7) is 8.91. The van der Waals surface area contributed by atoms with Crippen molar-refractivity contribution in [1.82, 2.24) is 5.32 Å². The molecular formula is C37H53NO. The minimum absolute atomic E-state index is 0.0560. The highest BCUT2D eigenvalue weighted by atomic mass is 16.1. The third-order valence-corrected chi connectivity index (χ3v) is 9.86. The Kier molecular flexibility index (Phi) is 11.7. The highest BCUT2D eigenvalue weighted by Gasteiger charge is 2.24. The Morgan fingerprint density at radius 1 is 0.795 bits per heavy atom. The van der Waals surface area contributed by atoms with Crippen LogP contribution in [0.1, 0.15) is 132 Å². The molecule has 2 heteroatoms. The molecule has 2 aromatic rings. The van der Waals surface area contributed by atoms with Gasteiger partial charge in [0.05, 0.1) is 0 Å². The summed E-state index contributed by atoms with van der Waals surface area (Å²) >= 11 is 0. The Morgan fingerprint density at radius 2 is 1.38 bits per heavy atom. The molecule has 0 atom stereocenters. The number of aryl methyl sites for hydroxylation is 1. The fourth-order valence-electron chi connectivity index (χ4n) is 7.30. The summed E-state index contributed by atoms with van der Waals surface area (Å²) in [5.41, 5.74) is 7.40. The highest BCUT2D eigenvalue weighted by Crippen LogP contribution is 2.40. The molecule has 0 saturated heterocycles. The topological polar surface area (TPSA) is 29.1 Å². The van der Waals surface area contributed by atoms with Crippen LogP contribution < -0.4 is 5.32 Å². The van der Waals surface area contributed by atoms with Crippen molar-refractivity contribution in [2.45, 2.75) is 122 Å². The summed E-state index contributed by atoms with van der Waals surface area (Å²) in [5, 5.41) is 2.91. The Bertz CT molecular complexity index is 1020. The van der Waals surface area contributed by atoms with Gasteiger partial charge in [0.1, 0.15) is 0 Å². The minimum atomic E-state index is -0.0560. The van der Waals surface area contributed by atoms with Gasteiger partial charge < -0.3 is 5.32 Å². The number of nitrogens with one attached hydrogen (secondary N) is 1. The van der Waals surface area contributed by atoms with Crippen LogP contribution in [-0.4, -0.2) is 12.5 Å². The SMILES string of the molecule is C=CC(=O)NCCCC1CCC(c2ccc(-c3ccc(C4CCC(CCCCC)CC4)cc3CC)cc2)CC1. The summed E-state index contributed by atoms with van der Waals surface area (Å²) in [4.78, 5) is 11.3. The molecule has 39 heavy (non-hydrogen) atoms. The lowest BCUT2D eigenvalue weighted by molar-refractivity contribution is -0.116. The molecule has 0 aliphatic heterocycles. The number of carbonyl (C=O) groups is 1. The predicted molar refractivity (Wildman–Crippen MR) is 167 cm³/mol. The summed E-state index contributed by atoms with van der Waals surface area (Å²) in [5.74, 6) is 3.18. The van der Waals surface area contributed by atoms with Crippen LogP contribution >= 0.6 is 0 Å². The van der Waals surface area contributed by atoms with Crippen molar-refractivity contribution in [2.24, 2.45) is 11.8 Å². The van der Waals surface area contributed by atoms with Crippen molar-refractivity contribution in [2.75, 3.05) is 6.54 Å². The van der Waals surface area contributed by atoms with Crippen molar-refractivity contribution >= 4 is 5.91 Å². The number of benzene rings is 2. The van der Waals surface area contributed by atoms with E-state index in [0.29, 0.717) is 5.92 Å². The molecule has 2 saturated carbocycles. The molecule has 0 radical (unpaired) electrons. The number of amides is 1. The van der Waals surface area contributed by atoms with Gasteiger partial charge >= 0.3 is 0 Å². The van der Waals surface area contributed by atoms with Crippen LogP contribution in [0, 0.1) is 11.8 Å². The molecule has 4 rings (SSSR count). The summed E-state index contributed by atoms with van der Waals surface area (Å²) in [7, 11) is 0. The molecule has 1 amide bonds. The zero-order chi connectivity index (χ0) is 27.5. The second-order valence-corrected chi connectivity index (χ2v) is 12.5. The number of hydrogen-bond donors (Lipinski definition) is 1. The monoisotopic (exact) mass is 527 g/mol. The smallest absolute Gasteiger partial charge is 0.243 e. The molecule has 2 aliphatic carbocycles. The van der Waals surface area contributed by atoms with Crippen LogP contribution in [0.5, 0.6) is 0 Å². The average molecular weight is 528 g/mol. The van der Waals surface area contributed by atoms with Gasteiger partial charge in [-0.25, -0.2) is 0 Å². The van der Waals surface area contributed by atoms with E-state index in [4.69, 9.17) is 0 Å². The van der Waals surface area contributed by atoms with E-state index in [-0.39, 0.29) is 5.91 Å². The second kappa shape index (κ2) is 15.4. The van der Waals surface area contributed by atoms with E-state index in [1.807, 2.05) is 0 Å². The molecule has 2 aromatic carbocycles. The number of hydrogen-bond acceptors (Lipinski definition) is 1. The lowest BCUT2D eigenvalue weighted by Crippen LogP contribution is -2.23. The molecule has 0 unspecified atom stereocenters. The summed E-state index contributed by atoms with van der Waals surface area (Å²) in [6, 6.07) is 16.9. The van der Waals surface area contributed by atoms with Gasteiger partial charge in [-0.05, 0) is 128 Å². The van der Waals surface area contributed by atoms with Crippen LogP contribution in [0.25, 0.3) is 11.1 Å². The van der Waals surface area contributed by atoms with Crippen LogP contribution in [0.15, 0.2) is 55.1 Å². The maximum Gasteiger partial charge on any atom is 0.243 e. The number of unbranched alkanes of at least 4 members (excludes halogenated alkanes) is 2. The van der Waals surface area contributed by atoms with E-state index in [1.165, 1.54) is 112 Å². The first-order valence-electron chi connectivity index (χ1n) is 16.2. The average Bonchev–Trinajstić information content (AvgIpc) is 3.00. The van der Waals surface area contributed by atoms with Crippen LogP contribution in [0.4, 0.5) is 0 Å². The molecule has 0 spiro atoms. The summed E-state index contributed by atoms with van der Waals surface area (Å²) < 4.78 is 0. The molecule has 0 heterocycles. The molecule has 1 N–H and O–H groups in total. The van der Waals surface area contributed by atoms with Crippen LogP contribution in [0.2, 0.25) is 0 Å². The van der Waals surface area contributed by atoms with E-state index < -0.39 is 0 Å². The predicted octanol–water partition coefficient (Wildman–Crippen LogP) is 10.1. The van der Waals surface area contributed by atoms with Gasteiger partial charge in [0.2, 0.25) is 5.91 Å². The molecule has 2 fully saturated rings. The first kappa shape index (κ1) is 29.6. The third-order valence-electron chi connectivity index (χ3n) is 9.86. The van der Waals surface area contributed by atoms with Crippen molar-refractivity contribution in [3.63, 3.8) is 0 Å². The Morgan fingerprint density at radius 3 is 1.97 bits per heavy atom. The van der Waals surface area contributed by atoms with Crippen molar-refractivity contribution < 1.29 is 4.79 Å². The maximum absolute atomic E-state index is 11.3. The zero-order valence-corrected chi connectivity index (χ0v) is 24.9. The molecule has 0 aromatic heterocycles. The Labute approximate surface area is 239 Å². The number of carbonyl (C=O) groups excluding carboxylic acids is 1. The third kappa shape index (κ3) is 8.57. The van der Waals surface area contributed by atoms with Gasteiger partial charge in [0, 0.05) is 6.54 Å². The Balaban J connectivity index is 1.28. The fraction of sp³-hybridized carbons (Fsp3) is 0.595. The van der Waals surface area contributed by atoms with E-state index in [1.54, 1.807) is 5.56 Å². The van der Waals surface area contributed by atoms with E-state index in [0.717, 1.165) is 37.1 Å². The van der Waals surface area contributed by atoms with Gasteiger partial charge in [0.25, 0.3) is 0 Å². The molecule has 2 nitrogen and oxygen atoms in total. The molecule has 212 valence electrons. The van der Waals surface area contributed by atoms with Crippen LogP contribution in [-0.2, 0) is 11.2 Å². The first-order valence-corrected chi connectivity index (χ1v) is 16.2. The van der Waals surface area contributed by atoms with Crippen LogP contribution in [0.3, 0.4) is 0 Å². The zero-order valence-electron chi connectivity index (χ0n) is 24.9. The van der Waals surface area contributed by atoms with Crippen molar-refractivity contribution in [3.8, 4) is 11.1 Å². The number of rotatable bonds is 13. The molecular weight excluding hydrogens is 474 g/mol. The van der Waals surface area contributed by atoms with Crippen molar-refractivity contribution in [1.29, 1.82) is 0 Å². The quantitative estimate of drug-likeness (QED) is 0.204. The maximum atomic E-state index is 11.3. The van der Waals surface area contributed by atoms with Crippen molar-refractivity contribution in [3.05, 3.63) is 71.8 Å². The normalized spacial score (nSPS) is 23.3. The fourth-order valence-corrected chi connectivity index (χ4v) is 7.30. The lowest BCUT2D eigenvalue weighted by Gasteiger charge is -2.29. The van der Waals surface area contributed by atoms with Gasteiger partial charge in [0.15, 0.2) is 0 Å². The van der Waals surface area contributed by atoms with E-state index >= 15 is 0 Å². The van der Waals surface area contributed by atoms with Gasteiger partial charge in [-0.1, -0.05) is 88.6 Å². The lowest BCUT2D eigenvalue weighted by atomic mass is 9.76. The minimum Gasteiger partial charge on any atom is -0.353 e. The second-order valence-electron chi connectivity index (χ2n) is 12.5. The summed E-state index contributed by atoms with van der Waals surface area (Å²) in [6.07, 6.45) is 21.2. The van der Waals surface area contributed by atoms with E-state index in [2.05, 4.69) is 68.2 Å². The van der Waals surface area contributed by atoms with Gasteiger partial charge in [-0.2, -0.15) is 0 Å². The highest BCUT2D eigenvalue weighted by molar-refractivity contribution is 5.86.